The average molecular weight is 278 g/mol. The molecule has 0 bridgehead atoms. The van der Waals surface area contributed by atoms with E-state index >= 15 is 0 Å². The summed E-state index contributed by atoms with van der Waals surface area (Å²) in [6.45, 7) is 0. The molecule has 3 rings (SSSR count). The molecule has 0 spiro atoms. The second kappa shape index (κ2) is 4.01. The number of aromatic nitrogens is 3. The maximum atomic E-state index is 4.24. The molecule has 3 heterocycles. The van der Waals surface area contributed by atoms with Crippen LogP contribution in [0.15, 0.2) is 35.5 Å². The topological polar surface area (TPSA) is 30.7 Å². The zero-order chi connectivity index (χ0) is 11.0. The fraction of sp³-hybridized carbons (Fsp3) is 0.333. The lowest BCUT2D eigenvalue weighted by atomic mass is 9.98. The van der Waals surface area contributed by atoms with Crippen molar-refractivity contribution in [2.45, 2.75) is 25.3 Å². The number of fused-ring (bicyclic) bond motifs is 1. The third-order valence-electron chi connectivity index (χ3n) is 3.10. The Bertz CT molecular complexity index is 506. The second-order valence-electron chi connectivity index (χ2n) is 4.14. The van der Waals surface area contributed by atoms with Gasteiger partial charge in [0.25, 0.3) is 0 Å². The van der Waals surface area contributed by atoms with Gasteiger partial charge in [-0.05, 0) is 46.8 Å². The third-order valence-corrected chi connectivity index (χ3v) is 3.54. The first-order valence-corrected chi connectivity index (χ1v) is 6.25. The summed E-state index contributed by atoms with van der Waals surface area (Å²) in [6, 6.07) is 2.54. The number of nitrogens with zero attached hydrogens (tertiary/aromatic N) is 3. The molecule has 0 radical (unpaired) electrons. The van der Waals surface area contributed by atoms with Gasteiger partial charge in [0.1, 0.15) is 0 Å². The fourth-order valence-corrected chi connectivity index (χ4v) is 2.74. The van der Waals surface area contributed by atoms with E-state index in [-0.39, 0.29) is 0 Å². The average Bonchev–Trinajstić information content (AvgIpc) is 2.76. The van der Waals surface area contributed by atoms with Gasteiger partial charge in [-0.3, -0.25) is 4.98 Å². The van der Waals surface area contributed by atoms with Gasteiger partial charge in [0.15, 0.2) is 0 Å². The molecular weight excluding hydrogens is 266 g/mol. The summed E-state index contributed by atoms with van der Waals surface area (Å²) >= 11 is 3.47. The summed E-state index contributed by atoms with van der Waals surface area (Å²) in [5, 5.41) is 0. The highest BCUT2D eigenvalue weighted by Gasteiger charge is 2.21. The minimum Gasteiger partial charge on any atom is -0.327 e. The van der Waals surface area contributed by atoms with Crippen molar-refractivity contribution < 1.29 is 0 Å². The monoisotopic (exact) mass is 277 g/mol. The molecule has 1 aliphatic heterocycles. The molecule has 0 fully saturated rings. The van der Waals surface area contributed by atoms with E-state index in [2.05, 4.69) is 36.5 Å². The van der Waals surface area contributed by atoms with Gasteiger partial charge in [-0.15, -0.1) is 0 Å². The van der Waals surface area contributed by atoms with Crippen LogP contribution in [0.2, 0.25) is 0 Å². The largest absolute Gasteiger partial charge is 0.327 e. The molecule has 0 saturated carbocycles. The lowest BCUT2D eigenvalue weighted by Gasteiger charge is -2.25. The van der Waals surface area contributed by atoms with Crippen LogP contribution in [-0.4, -0.2) is 14.5 Å². The molecule has 3 nitrogen and oxygen atoms in total. The van der Waals surface area contributed by atoms with Crippen molar-refractivity contribution in [3.8, 4) is 0 Å². The van der Waals surface area contributed by atoms with Crippen molar-refractivity contribution in [1.29, 1.82) is 0 Å². The summed E-state index contributed by atoms with van der Waals surface area (Å²) in [4.78, 5) is 8.47. The van der Waals surface area contributed by atoms with E-state index in [1.807, 2.05) is 24.9 Å². The molecule has 0 aromatic carbocycles. The van der Waals surface area contributed by atoms with E-state index in [9.17, 15) is 0 Å². The number of aryl methyl sites for hydroxylation is 1. The zero-order valence-electron chi connectivity index (χ0n) is 8.81. The fourth-order valence-electron chi connectivity index (χ4n) is 2.36. The smallest absolute Gasteiger partial charge is 0.0953 e. The molecule has 1 atom stereocenters. The third kappa shape index (κ3) is 1.67. The van der Waals surface area contributed by atoms with Crippen LogP contribution in [0.1, 0.15) is 30.1 Å². The Morgan fingerprint density at radius 1 is 1.25 bits per heavy atom. The predicted octanol–water partition coefficient (Wildman–Crippen LogP) is 2.97. The molecular formula is C12H12BrN3. The van der Waals surface area contributed by atoms with Crippen molar-refractivity contribution in [1.82, 2.24) is 14.5 Å². The van der Waals surface area contributed by atoms with Crippen LogP contribution >= 0.6 is 15.9 Å². The van der Waals surface area contributed by atoms with Crippen LogP contribution in [0, 0.1) is 0 Å². The van der Waals surface area contributed by atoms with E-state index in [1.165, 1.54) is 24.1 Å². The predicted molar refractivity (Wildman–Crippen MR) is 65.2 cm³/mol. The number of hydrogen-bond acceptors (Lipinski definition) is 2. The van der Waals surface area contributed by atoms with Gasteiger partial charge in [0.05, 0.1) is 12.4 Å². The zero-order valence-corrected chi connectivity index (χ0v) is 10.4. The molecule has 0 N–H and O–H groups in total. The number of hydrogen-bond donors (Lipinski definition) is 0. The van der Waals surface area contributed by atoms with Gasteiger partial charge in [-0.25, -0.2) is 4.98 Å². The first-order valence-electron chi connectivity index (χ1n) is 5.46. The van der Waals surface area contributed by atoms with Crippen molar-refractivity contribution in [2.75, 3.05) is 0 Å². The summed E-state index contributed by atoms with van der Waals surface area (Å²) in [6.07, 6.45) is 11.2. The Kier molecular flexibility index (Phi) is 2.52. The lowest BCUT2D eigenvalue weighted by molar-refractivity contribution is 0.456. The summed E-state index contributed by atoms with van der Waals surface area (Å²) < 4.78 is 3.31. The van der Waals surface area contributed by atoms with E-state index in [4.69, 9.17) is 0 Å². The van der Waals surface area contributed by atoms with Crippen LogP contribution in [0.5, 0.6) is 0 Å². The quantitative estimate of drug-likeness (QED) is 0.803. The van der Waals surface area contributed by atoms with Crippen molar-refractivity contribution in [3.63, 3.8) is 0 Å². The molecule has 0 aliphatic carbocycles. The molecule has 1 aliphatic rings. The van der Waals surface area contributed by atoms with Gasteiger partial charge >= 0.3 is 0 Å². The minimum atomic E-state index is 0.399. The molecule has 0 saturated heterocycles. The van der Waals surface area contributed by atoms with Crippen molar-refractivity contribution in [3.05, 3.63) is 46.7 Å². The number of rotatable bonds is 1. The SMILES string of the molecule is Brc1cncc(C2CCCc3cncn32)c1. The summed E-state index contributed by atoms with van der Waals surface area (Å²) in [5.74, 6) is 0. The second-order valence-corrected chi connectivity index (χ2v) is 5.05. The van der Waals surface area contributed by atoms with Gasteiger partial charge in [0, 0.05) is 28.8 Å². The Morgan fingerprint density at radius 3 is 3.06 bits per heavy atom. The highest BCUT2D eigenvalue weighted by atomic mass is 79.9. The van der Waals surface area contributed by atoms with Crippen molar-refractivity contribution >= 4 is 15.9 Å². The van der Waals surface area contributed by atoms with E-state index in [0.29, 0.717) is 6.04 Å². The Balaban J connectivity index is 2.04. The van der Waals surface area contributed by atoms with E-state index < -0.39 is 0 Å². The molecule has 16 heavy (non-hydrogen) atoms. The van der Waals surface area contributed by atoms with E-state index in [1.54, 1.807) is 0 Å². The maximum absolute atomic E-state index is 4.24. The van der Waals surface area contributed by atoms with Crippen LogP contribution in [0.25, 0.3) is 0 Å². The van der Waals surface area contributed by atoms with Crippen LogP contribution in [0.4, 0.5) is 0 Å². The molecule has 0 amide bonds. The van der Waals surface area contributed by atoms with Crippen LogP contribution < -0.4 is 0 Å². The van der Waals surface area contributed by atoms with Gasteiger partial charge in [-0.2, -0.15) is 0 Å². The normalized spacial score (nSPS) is 19.4. The molecule has 1 unspecified atom stereocenters. The molecule has 4 heteroatoms. The Hall–Kier alpha value is -1.16. The minimum absolute atomic E-state index is 0.399. The highest BCUT2D eigenvalue weighted by molar-refractivity contribution is 9.10. The molecule has 2 aromatic rings. The summed E-state index contributed by atoms with van der Waals surface area (Å²) in [5.41, 5.74) is 2.59. The maximum Gasteiger partial charge on any atom is 0.0953 e. The van der Waals surface area contributed by atoms with E-state index in [0.717, 1.165) is 10.9 Å². The Labute approximate surface area is 103 Å². The first-order chi connectivity index (χ1) is 7.84. The number of imidazole rings is 1. The Morgan fingerprint density at radius 2 is 2.19 bits per heavy atom. The first kappa shape index (κ1) is 10.0. The summed E-state index contributed by atoms with van der Waals surface area (Å²) in [7, 11) is 0. The lowest BCUT2D eigenvalue weighted by Crippen LogP contribution is -2.17. The van der Waals surface area contributed by atoms with Gasteiger partial charge in [0.2, 0.25) is 0 Å². The number of pyridine rings is 1. The van der Waals surface area contributed by atoms with Crippen LogP contribution in [-0.2, 0) is 6.42 Å². The standard InChI is InChI=1S/C12H12BrN3/c13-10-4-9(5-14-6-10)12-3-1-2-11-7-15-8-16(11)12/h4-8,12H,1-3H2. The molecule has 2 aromatic heterocycles. The van der Waals surface area contributed by atoms with Gasteiger partial charge < -0.3 is 4.57 Å². The van der Waals surface area contributed by atoms with Crippen LogP contribution in [0.3, 0.4) is 0 Å². The number of halogens is 1. The van der Waals surface area contributed by atoms with Crippen molar-refractivity contribution in [2.24, 2.45) is 0 Å². The highest BCUT2D eigenvalue weighted by Crippen LogP contribution is 2.30. The molecule has 82 valence electrons. The van der Waals surface area contributed by atoms with Gasteiger partial charge in [-0.1, -0.05) is 0 Å².